The molecule has 0 radical (unpaired) electrons. The van der Waals surface area contributed by atoms with E-state index in [1.807, 2.05) is 60.7 Å². The average Bonchev–Trinajstić information content (AvgIpc) is 2.72. The molecule has 0 fully saturated rings. The minimum absolute atomic E-state index is 0.0565. The molecule has 3 rings (SSSR count). The number of anilines is 3. The lowest BCUT2D eigenvalue weighted by Gasteiger charge is -2.09. The highest BCUT2D eigenvalue weighted by atomic mass is 16.2. The molecule has 0 aliphatic rings. The maximum absolute atomic E-state index is 12.2. The molecule has 0 saturated heterocycles. The summed E-state index contributed by atoms with van der Waals surface area (Å²) in [5.74, 6) is -0.140. The Balaban J connectivity index is 1.48. The molecule has 0 aliphatic heterocycles. The van der Waals surface area contributed by atoms with Gasteiger partial charge in [-0.3, -0.25) is 9.59 Å². The van der Waals surface area contributed by atoms with E-state index in [1.54, 1.807) is 18.2 Å². The van der Waals surface area contributed by atoms with Gasteiger partial charge in [0.25, 0.3) is 0 Å². The highest BCUT2D eigenvalue weighted by Crippen LogP contribution is 2.17. The highest BCUT2D eigenvalue weighted by molar-refractivity contribution is 5.94. The van der Waals surface area contributed by atoms with Crippen LogP contribution < -0.4 is 16.4 Å². The van der Waals surface area contributed by atoms with Crippen molar-refractivity contribution >= 4 is 28.9 Å². The Hall–Kier alpha value is -3.60. The number of benzene rings is 3. The van der Waals surface area contributed by atoms with Crippen LogP contribution in [0.2, 0.25) is 0 Å². The van der Waals surface area contributed by atoms with Crippen molar-refractivity contribution in [2.75, 3.05) is 16.4 Å². The van der Waals surface area contributed by atoms with E-state index in [9.17, 15) is 9.59 Å². The predicted molar refractivity (Wildman–Crippen MR) is 118 cm³/mol. The first kappa shape index (κ1) is 20.1. The Labute approximate surface area is 170 Å². The van der Waals surface area contributed by atoms with Crippen molar-refractivity contribution in [3.63, 3.8) is 0 Å². The molecule has 0 heterocycles. The van der Waals surface area contributed by atoms with Gasteiger partial charge in [-0.25, -0.2) is 0 Å². The lowest BCUT2D eigenvalue weighted by molar-refractivity contribution is -0.116. The zero-order valence-corrected chi connectivity index (χ0v) is 16.2. The molecule has 5 heteroatoms. The number of nitrogen functional groups attached to an aromatic ring is 1. The van der Waals surface area contributed by atoms with Crippen molar-refractivity contribution in [1.82, 2.24) is 0 Å². The van der Waals surface area contributed by atoms with Crippen LogP contribution in [0.5, 0.6) is 0 Å². The van der Waals surface area contributed by atoms with Crippen LogP contribution in [0.25, 0.3) is 0 Å². The van der Waals surface area contributed by atoms with Crippen LogP contribution in [0, 0.1) is 0 Å². The first-order valence-corrected chi connectivity index (χ1v) is 9.66. The van der Waals surface area contributed by atoms with Crippen molar-refractivity contribution in [2.24, 2.45) is 0 Å². The molecular weight excluding hydrogens is 362 g/mol. The molecule has 3 aromatic rings. The third kappa shape index (κ3) is 6.81. The van der Waals surface area contributed by atoms with Crippen LogP contribution in [-0.2, 0) is 22.4 Å². The molecule has 3 aromatic carbocycles. The van der Waals surface area contributed by atoms with Crippen LogP contribution in [0.15, 0.2) is 78.9 Å². The number of hydrogen-bond acceptors (Lipinski definition) is 3. The molecule has 0 saturated carbocycles. The van der Waals surface area contributed by atoms with E-state index in [1.165, 1.54) is 0 Å². The molecule has 4 N–H and O–H groups in total. The fourth-order valence-electron chi connectivity index (χ4n) is 3.03. The summed E-state index contributed by atoms with van der Waals surface area (Å²) in [4.78, 5) is 24.4. The SMILES string of the molecule is Nc1cccc(CCC(=O)Nc2cccc(NC(=O)CCc3ccccc3)c2)c1. The van der Waals surface area contributed by atoms with Gasteiger partial charge in [-0.15, -0.1) is 0 Å². The molecule has 0 spiro atoms. The number of amides is 2. The molecule has 0 unspecified atom stereocenters. The Kier molecular flexibility index (Phi) is 7.00. The molecule has 0 atom stereocenters. The number of aryl methyl sites for hydroxylation is 2. The Morgan fingerprint density at radius 2 is 1.21 bits per heavy atom. The second kappa shape index (κ2) is 10.1. The lowest BCUT2D eigenvalue weighted by atomic mass is 10.1. The summed E-state index contributed by atoms with van der Waals surface area (Å²) in [6.45, 7) is 0. The minimum atomic E-state index is -0.0834. The first-order chi connectivity index (χ1) is 14.1. The van der Waals surface area contributed by atoms with Gasteiger partial charge in [0, 0.05) is 29.9 Å². The Morgan fingerprint density at radius 1 is 0.655 bits per heavy atom. The molecule has 2 amide bonds. The van der Waals surface area contributed by atoms with Gasteiger partial charge < -0.3 is 16.4 Å². The first-order valence-electron chi connectivity index (χ1n) is 9.66. The van der Waals surface area contributed by atoms with Gasteiger partial charge in [-0.1, -0.05) is 48.5 Å². The largest absolute Gasteiger partial charge is 0.399 e. The molecule has 29 heavy (non-hydrogen) atoms. The number of carbonyl (C=O) groups excluding carboxylic acids is 2. The van der Waals surface area contributed by atoms with E-state index in [2.05, 4.69) is 10.6 Å². The number of carbonyl (C=O) groups is 2. The molecule has 5 nitrogen and oxygen atoms in total. The van der Waals surface area contributed by atoms with Gasteiger partial charge in [-0.2, -0.15) is 0 Å². The van der Waals surface area contributed by atoms with E-state index in [0.717, 1.165) is 11.1 Å². The Bertz CT molecular complexity index is 971. The summed E-state index contributed by atoms with van der Waals surface area (Å²) >= 11 is 0. The maximum Gasteiger partial charge on any atom is 0.224 e. The van der Waals surface area contributed by atoms with Gasteiger partial charge in [0.2, 0.25) is 11.8 Å². The third-order valence-corrected chi connectivity index (χ3v) is 4.51. The van der Waals surface area contributed by atoms with E-state index in [-0.39, 0.29) is 11.8 Å². The lowest BCUT2D eigenvalue weighted by Crippen LogP contribution is -2.14. The molecule has 0 aromatic heterocycles. The van der Waals surface area contributed by atoms with Gasteiger partial charge >= 0.3 is 0 Å². The van der Waals surface area contributed by atoms with Crippen LogP contribution in [-0.4, -0.2) is 11.8 Å². The van der Waals surface area contributed by atoms with Crippen LogP contribution in [0.3, 0.4) is 0 Å². The quantitative estimate of drug-likeness (QED) is 0.501. The third-order valence-electron chi connectivity index (χ3n) is 4.51. The molecule has 148 valence electrons. The maximum atomic E-state index is 12.2. The number of rotatable bonds is 8. The van der Waals surface area contributed by atoms with Crippen LogP contribution in [0.1, 0.15) is 24.0 Å². The topological polar surface area (TPSA) is 84.2 Å². The van der Waals surface area contributed by atoms with Crippen LogP contribution in [0.4, 0.5) is 17.1 Å². The molecule has 0 bridgehead atoms. The van der Waals surface area contributed by atoms with Gasteiger partial charge in [-0.05, 0) is 54.3 Å². The normalized spacial score (nSPS) is 10.3. The van der Waals surface area contributed by atoms with Gasteiger partial charge in [0.05, 0.1) is 0 Å². The highest BCUT2D eigenvalue weighted by Gasteiger charge is 2.07. The second-order valence-electron chi connectivity index (χ2n) is 6.91. The summed E-state index contributed by atoms with van der Waals surface area (Å²) in [7, 11) is 0. The number of nitrogens with two attached hydrogens (primary N) is 1. The summed E-state index contributed by atoms with van der Waals surface area (Å²) < 4.78 is 0. The summed E-state index contributed by atoms with van der Waals surface area (Å²) in [5.41, 5.74) is 9.93. The van der Waals surface area contributed by atoms with Crippen LogP contribution >= 0.6 is 0 Å². The van der Waals surface area contributed by atoms with E-state index in [0.29, 0.717) is 42.7 Å². The average molecular weight is 387 g/mol. The second-order valence-corrected chi connectivity index (χ2v) is 6.91. The Morgan fingerprint density at radius 3 is 1.83 bits per heavy atom. The smallest absolute Gasteiger partial charge is 0.224 e. The molecular formula is C24H25N3O2. The van der Waals surface area contributed by atoms with Crippen molar-refractivity contribution in [2.45, 2.75) is 25.7 Å². The van der Waals surface area contributed by atoms with Crippen molar-refractivity contribution in [3.8, 4) is 0 Å². The van der Waals surface area contributed by atoms with Gasteiger partial charge in [0.15, 0.2) is 0 Å². The predicted octanol–water partition coefficient (Wildman–Crippen LogP) is 4.41. The summed E-state index contributed by atoms with van der Waals surface area (Å²) in [6, 6.07) is 24.6. The van der Waals surface area contributed by atoms with Crippen molar-refractivity contribution in [1.29, 1.82) is 0 Å². The zero-order chi connectivity index (χ0) is 20.5. The standard InChI is InChI=1S/C24H25N3O2/c25-20-9-4-8-19(16-20)13-15-24(29)27-22-11-5-10-21(17-22)26-23(28)14-12-18-6-2-1-3-7-18/h1-11,16-17H,12-15,25H2,(H,26,28)(H,27,29). The van der Waals surface area contributed by atoms with Gasteiger partial charge in [0.1, 0.15) is 0 Å². The van der Waals surface area contributed by atoms with Crippen molar-refractivity contribution < 1.29 is 9.59 Å². The fraction of sp³-hybridized carbons (Fsp3) is 0.167. The molecule has 0 aliphatic carbocycles. The fourth-order valence-corrected chi connectivity index (χ4v) is 3.03. The van der Waals surface area contributed by atoms with Crippen molar-refractivity contribution in [3.05, 3.63) is 90.0 Å². The van der Waals surface area contributed by atoms with E-state index in [4.69, 9.17) is 5.73 Å². The van der Waals surface area contributed by atoms with E-state index < -0.39 is 0 Å². The number of hydrogen-bond donors (Lipinski definition) is 3. The summed E-state index contributed by atoms with van der Waals surface area (Å²) in [6.07, 6.45) is 2.07. The monoisotopic (exact) mass is 387 g/mol. The summed E-state index contributed by atoms with van der Waals surface area (Å²) in [5, 5.41) is 5.76. The number of nitrogens with one attached hydrogen (secondary N) is 2. The van der Waals surface area contributed by atoms with E-state index >= 15 is 0 Å². The minimum Gasteiger partial charge on any atom is -0.399 e. The zero-order valence-electron chi connectivity index (χ0n) is 16.2.